The normalized spacial score (nSPS) is 10.9. The second-order valence-corrected chi connectivity index (χ2v) is 7.04. The van der Waals surface area contributed by atoms with Gasteiger partial charge in [0, 0.05) is 18.7 Å². The molecular formula is C20H28N4O4. The molecule has 0 atom stereocenters. The van der Waals surface area contributed by atoms with E-state index in [0.717, 1.165) is 6.42 Å². The zero-order valence-electron chi connectivity index (χ0n) is 16.8. The molecule has 8 nitrogen and oxygen atoms in total. The van der Waals surface area contributed by atoms with Gasteiger partial charge >= 0.3 is 5.69 Å². The molecule has 0 aliphatic heterocycles. The molecule has 8 heteroatoms. The average molecular weight is 388 g/mol. The number of hydrogen-bond donors (Lipinski definition) is 2. The van der Waals surface area contributed by atoms with Crippen molar-refractivity contribution in [1.29, 1.82) is 0 Å². The number of carbonyl (C=O) groups is 1. The molecule has 2 aromatic rings. The molecule has 0 saturated heterocycles. The van der Waals surface area contributed by atoms with Gasteiger partial charge in [-0.05, 0) is 36.6 Å². The summed E-state index contributed by atoms with van der Waals surface area (Å²) in [6.07, 6.45) is 1.51. The standard InChI is InChI=1S/C20H28N4O4/c1-5-6-11-23(19(26)14-7-9-15(28-4)10-8-14)16-17(21)24(12-13(2)3)20(27)22-18(16)25/h7-10,13H,5-6,11-12,21H2,1-4H3,(H,22,25,27). The number of nitrogens with zero attached hydrogens (tertiary/aromatic N) is 2. The second kappa shape index (κ2) is 9.25. The van der Waals surface area contributed by atoms with Gasteiger partial charge in [-0.25, -0.2) is 4.79 Å². The average Bonchev–Trinajstić information content (AvgIpc) is 2.67. The van der Waals surface area contributed by atoms with Crippen molar-refractivity contribution in [1.82, 2.24) is 9.55 Å². The van der Waals surface area contributed by atoms with Gasteiger partial charge in [-0.2, -0.15) is 0 Å². The molecule has 0 radical (unpaired) electrons. The minimum Gasteiger partial charge on any atom is -0.497 e. The number of aromatic nitrogens is 2. The summed E-state index contributed by atoms with van der Waals surface area (Å²) in [5.74, 6) is 0.406. The third-order valence-corrected chi connectivity index (χ3v) is 4.35. The number of rotatable bonds is 8. The molecule has 152 valence electrons. The number of amides is 1. The van der Waals surface area contributed by atoms with Crippen LogP contribution in [0, 0.1) is 5.92 Å². The maximum atomic E-state index is 13.2. The van der Waals surface area contributed by atoms with Crippen LogP contribution in [0.25, 0.3) is 0 Å². The lowest BCUT2D eigenvalue weighted by atomic mass is 10.1. The van der Waals surface area contributed by atoms with Crippen LogP contribution in [0.1, 0.15) is 44.0 Å². The van der Waals surface area contributed by atoms with Crippen LogP contribution >= 0.6 is 0 Å². The maximum absolute atomic E-state index is 13.2. The summed E-state index contributed by atoms with van der Waals surface area (Å²) in [6, 6.07) is 6.63. The molecule has 1 aromatic carbocycles. The molecule has 2 rings (SSSR count). The topological polar surface area (TPSA) is 110 Å². The lowest BCUT2D eigenvalue weighted by molar-refractivity contribution is 0.0986. The first-order chi connectivity index (χ1) is 13.3. The summed E-state index contributed by atoms with van der Waals surface area (Å²) in [5, 5.41) is 0. The predicted octanol–water partition coefficient (Wildman–Crippen LogP) is 2.23. The first-order valence-corrected chi connectivity index (χ1v) is 9.38. The van der Waals surface area contributed by atoms with Gasteiger partial charge in [-0.3, -0.25) is 19.1 Å². The summed E-state index contributed by atoms with van der Waals surface area (Å²) in [6.45, 7) is 6.52. The number of ether oxygens (including phenoxy) is 1. The van der Waals surface area contributed by atoms with Crippen LogP contribution in [-0.4, -0.2) is 29.1 Å². The molecule has 1 heterocycles. The van der Waals surface area contributed by atoms with Gasteiger partial charge in [0.2, 0.25) is 0 Å². The van der Waals surface area contributed by atoms with Crippen molar-refractivity contribution in [3.63, 3.8) is 0 Å². The van der Waals surface area contributed by atoms with Gasteiger partial charge in [0.05, 0.1) is 7.11 Å². The highest BCUT2D eigenvalue weighted by molar-refractivity contribution is 6.07. The number of anilines is 2. The van der Waals surface area contributed by atoms with Crippen molar-refractivity contribution in [2.45, 2.75) is 40.2 Å². The molecule has 28 heavy (non-hydrogen) atoms. The predicted molar refractivity (Wildman–Crippen MR) is 110 cm³/mol. The zero-order valence-corrected chi connectivity index (χ0v) is 16.8. The summed E-state index contributed by atoms with van der Waals surface area (Å²) in [7, 11) is 1.54. The van der Waals surface area contributed by atoms with Gasteiger partial charge in [0.15, 0.2) is 5.69 Å². The molecule has 0 fully saturated rings. The number of carbonyl (C=O) groups excluding carboxylic acids is 1. The summed E-state index contributed by atoms with van der Waals surface area (Å²) in [5.41, 5.74) is 5.36. The van der Waals surface area contributed by atoms with Crippen molar-refractivity contribution in [2.75, 3.05) is 24.3 Å². The number of aromatic amines is 1. The molecular weight excluding hydrogens is 360 g/mol. The number of H-pyrrole nitrogens is 1. The van der Waals surface area contributed by atoms with Crippen LogP contribution in [0.4, 0.5) is 11.5 Å². The van der Waals surface area contributed by atoms with Crippen molar-refractivity contribution in [3.05, 3.63) is 50.7 Å². The number of nitrogens with one attached hydrogen (secondary N) is 1. The van der Waals surface area contributed by atoms with E-state index in [1.54, 1.807) is 31.4 Å². The highest BCUT2D eigenvalue weighted by Crippen LogP contribution is 2.22. The fraction of sp³-hybridized carbons (Fsp3) is 0.450. The fourth-order valence-electron chi connectivity index (χ4n) is 2.91. The Hall–Kier alpha value is -3.03. The van der Waals surface area contributed by atoms with E-state index in [1.165, 1.54) is 9.47 Å². The Bertz CT molecular complexity index is 929. The molecule has 1 aromatic heterocycles. The zero-order chi connectivity index (χ0) is 20.8. The minimum absolute atomic E-state index is 0.000384. The highest BCUT2D eigenvalue weighted by Gasteiger charge is 2.25. The Balaban J connectivity index is 2.57. The van der Waals surface area contributed by atoms with Crippen LogP contribution in [0.5, 0.6) is 5.75 Å². The molecule has 0 aliphatic rings. The molecule has 1 amide bonds. The molecule has 0 spiro atoms. The Morgan fingerprint density at radius 2 is 1.89 bits per heavy atom. The SMILES string of the molecule is CCCCN(C(=O)c1ccc(OC)cc1)c1c(N)n(CC(C)C)c(=O)[nH]c1=O. The van der Waals surface area contributed by atoms with Crippen molar-refractivity contribution >= 4 is 17.4 Å². The van der Waals surface area contributed by atoms with E-state index < -0.39 is 11.2 Å². The van der Waals surface area contributed by atoms with Crippen LogP contribution < -0.4 is 26.6 Å². The molecule has 0 aliphatic carbocycles. The maximum Gasteiger partial charge on any atom is 0.330 e. The Morgan fingerprint density at radius 3 is 2.43 bits per heavy atom. The number of methoxy groups -OCH3 is 1. The molecule has 0 unspecified atom stereocenters. The molecule has 3 N–H and O–H groups in total. The van der Waals surface area contributed by atoms with Gasteiger partial charge in [-0.15, -0.1) is 0 Å². The van der Waals surface area contributed by atoms with Crippen LogP contribution in [0.15, 0.2) is 33.9 Å². The minimum atomic E-state index is -0.666. The highest BCUT2D eigenvalue weighted by atomic mass is 16.5. The van der Waals surface area contributed by atoms with Crippen molar-refractivity contribution in [3.8, 4) is 5.75 Å². The van der Waals surface area contributed by atoms with E-state index in [2.05, 4.69) is 4.98 Å². The van der Waals surface area contributed by atoms with Crippen LogP contribution in [0.3, 0.4) is 0 Å². The number of nitrogens with two attached hydrogens (primary N) is 1. The monoisotopic (exact) mass is 388 g/mol. The van der Waals surface area contributed by atoms with Crippen molar-refractivity contribution < 1.29 is 9.53 Å². The number of hydrogen-bond acceptors (Lipinski definition) is 5. The van der Waals surface area contributed by atoms with Gasteiger partial charge in [-0.1, -0.05) is 27.2 Å². The molecule has 0 saturated carbocycles. The first-order valence-electron chi connectivity index (χ1n) is 9.38. The van der Waals surface area contributed by atoms with Crippen LogP contribution in [-0.2, 0) is 6.54 Å². The number of unbranched alkanes of at least 4 members (excludes halogenated alkanes) is 1. The smallest absolute Gasteiger partial charge is 0.330 e. The largest absolute Gasteiger partial charge is 0.497 e. The van der Waals surface area contributed by atoms with Gasteiger partial charge in [0.25, 0.3) is 11.5 Å². The first kappa shape index (κ1) is 21.3. The molecule has 0 bridgehead atoms. The summed E-state index contributed by atoms with van der Waals surface area (Å²) in [4.78, 5) is 41.6. The van der Waals surface area contributed by atoms with E-state index >= 15 is 0 Å². The van der Waals surface area contributed by atoms with Crippen molar-refractivity contribution in [2.24, 2.45) is 5.92 Å². The lowest BCUT2D eigenvalue weighted by Crippen LogP contribution is -2.42. The van der Waals surface area contributed by atoms with E-state index in [-0.39, 0.29) is 23.3 Å². The summed E-state index contributed by atoms with van der Waals surface area (Å²) >= 11 is 0. The lowest BCUT2D eigenvalue weighted by Gasteiger charge is -2.25. The van der Waals surface area contributed by atoms with E-state index in [4.69, 9.17) is 10.5 Å². The fourth-order valence-corrected chi connectivity index (χ4v) is 2.91. The van der Waals surface area contributed by atoms with Gasteiger partial charge < -0.3 is 15.4 Å². The quantitative estimate of drug-likeness (QED) is 0.720. The summed E-state index contributed by atoms with van der Waals surface area (Å²) < 4.78 is 6.43. The number of benzene rings is 1. The van der Waals surface area contributed by atoms with E-state index in [0.29, 0.717) is 30.8 Å². The Kier molecular flexibility index (Phi) is 7.03. The van der Waals surface area contributed by atoms with Crippen LogP contribution in [0.2, 0.25) is 0 Å². The second-order valence-electron chi connectivity index (χ2n) is 7.04. The number of nitrogen functional groups attached to an aromatic ring is 1. The Morgan fingerprint density at radius 1 is 1.25 bits per heavy atom. The van der Waals surface area contributed by atoms with E-state index in [9.17, 15) is 14.4 Å². The third kappa shape index (κ3) is 4.62. The van der Waals surface area contributed by atoms with E-state index in [1.807, 2.05) is 20.8 Å². The third-order valence-electron chi connectivity index (χ3n) is 4.35. The Labute approximate surface area is 163 Å². The van der Waals surface area contributed by atoms with Gasteiger partial charge in [0.1, 0.15) is 11.6 Å².